The van der Waals surface area contributed by atoms with Crippen molar-refractivity contribution in [1.82, 2.24) is 15.2 Å². The van der Waals surface area contributed by atoms with E-state index in [1.807, 2.05) is 32.9 Å². The molecule has 8 nitrogen and oxygen atoms in total. The molecule has 3 N–H and O–H groups in total. The first kappa shape index (κ1) is 24.7. The number of ether oxygens (including phenoxy) is 1. The molecule has 0 fully saturated rings. The van der Waals surface area contributed by atoms with Gasteiger partial charge in [-0.1, -0.05) is 22.9 Å². The average molecular weight is 501 g/mol. The van der Waals surface area contributed by atoms with E-state index in [1.165, 1.54) is 23.5 Å². The Bertz CT molecular complexity index is 1070. The van der Waals surface area contributed by atoms with E-state index in [9.17, 15) is 4.39 Å². The van der Waals surface area contributed by atoms with E-state index in [4.69, 9.17) is 26.1 Å². The van der Waals surface area contributed by atoms with Gasteiger partial charge in [-0.2, -0.15) is 0 Å². The van der Waals surface area contributed by atoms with Crippen molar-refractivity contribution in [3.63, 3.8) is 0 Å². The fourth-order valence-electron chi connectivity index (χ4n) is 2.80. The zero-order chi connectivity index (χ0) is 23.3. The number of hydrogen-bond acceptors (Lipinski definition) is 9. The van der Waals surface area contributed by atoms with Crippen LogP contribution >= 0.6 is 31.5 Å². The lowest BCUT2D eigenvalue weighted by molar-refractivity contribution is 0.217. The summed E-state index contributed by atoms with van der Waals surface area (Å²) >= 11 is 7.66. The Morgan fingerprint density at radius 2 is 1.91 bits per heavy atom. The van der Waals surface area contributed by atoms with Gasteiger partial charge in [0.1, 0.15) is 15.8 Å². The number of aryl methyl sites for hydroxylation is 1. The summed E-state index contributed by atoms with van der Waals surface area (Å²) in [6, 6.07) is 6.70. The van der Waals surface area contributed by atoms with Crippen molar-refractivity contribution in [2.45, 2.75) is 33.2 Å². The summed E-state index contributed by atoms with van der Waals surface area (Å²) < 4.78 is 24.6. The van der Waals surface area contributed by atoms with Crippen LogP contribution in [0.25, 0.3) is 21.1 Å². The molecule has 1 aromatic carbocycles. The van der Waals surface area contributed by atoms with Gasteiger partial charge in [0.15, 0.2) is 11.6 Å². The number of nitrogens with zero attached hydrogens (tertiary/aromatic N) is 3. The van der Waals surface area contributed by atoms with E-state index in [0.717, 1.165) is 17.1 Å². The van der Waals surface area contributed by atoms with Crippen molar-refractivity contribution in [3.8, 4) is 26.9 Å². The second kappa shape index (κ2) is 11.3. The third-order valence-electron chi connectivity index (χ3n) is 4.07. The van der Waals surface area contributed by atoms with Crippen molar-refractivity contribution in [1.29, 1.82) is 0 Å². The Hall–Kier alpha value is -1.94. The third-order valence-corrected chi connectivity index (χ3v) is 5.80. The van der Waals surface area contributed by atoms with Crippen LogP contribution in [-0.2, 0) is 4.52 Å². The van der Waals surface area contributed by atoms with Crippen molar-refractivity contribution in [2.75, 3.05) is 18.5 Å². The van der Waals surface area contributed by atoms with Crippen LogP contribution in [0.1, 0.15) is 26.0 Å². The maximum Gasteiger partial charge on any atom is 0.327 e. The number of rotatable bonds is 10. The minimum atomic E-state index is -2.41. The number of pyridine rings is 1. The summed E-state index contributed by atoms with van der Waals surface area (Å²) in [5.74, 6) is 0.155. The Kier molecular flexibility index (Phi) is 8.70. The quantitative estimate of drug-likeness (QED) is 0.258. The number of benzene rings is 1. The van der Waals surface area contributed by atoms with E-state index < -0.39 is 14.4 Å². The lowest BCUT2D eigenvalue weighted by atomic mass is 10.2. The molecule has 3 aromatic rings. The number of nitrogens with one attached hydrogen (secondary N) is 1. The molecule has 2 heterocycles. The predicted octanol–water partition coefficient (Wildman–Crippen LogP) is 5.19. The van der Waals surface area contributed by atoms with Crippen LogP contribution in [0.4, 0.5) is 10.2 Å². The zero-order valence-electron chi connectivity index (χ0n) is 17.7. The first-order chi connectivity index (χ1) is 15.2. The summed E-state index contributed by atoms with van der Waals surface area (Å²) in [6.45, 7) is 6.19. The minimum Gasteiger partial charge on any atom is -0.490 e. The second-order valence-corrected chi connectivity index (χ2v) is 9.29. The summed E-state index contributed by atoms with van der Waals surface area (Å²) in [6.07, 6.45) is 0.359. The molecular formula is C20H23ClFN4O4PS. The lowest BCUT2D eigenvalue weighted by Gasteiger charge is -2.10. The van der Waals surface area contributed by atoms with Gasteiger partial charge in [0, 0.05) is 35.3 Å². The maximum absolute atomic E-state index is 14.6. The van der Waals surface area contributed by atoms with Crippen molar-refractivity contribution in [3.05, 3.63) is 40.8 Å². The molecule has 3 rings (SSSR count). The largest absolute Gasteiger partial charge is 0.490 e. The standard InChI is InChI=1S/C20H23ClFN4O4PS/c1-11(2)23-18-8-13(7-12(3)24-18)19-25-26-20(32-19)14-9-16(22)17(10-15(14)21)29-5-4-6-30-31(27)28/h7-11,27-28H,4-6H2,1-3H3,(H,23,24). The Morgan fingerprint density at radius 1 is 1.16 bits per heavy atom. The van der Waals surface area contributed by atoms with E-state index in [2.05, 4.69) is 25.0 Å². The van der Waals surface area contributed by atoms with Gasteiger partial charge in [-0.3, -0.25) is 0 Å². The second-order valence-electron chi connectivity index (χ2n) is 7.14. The number of halogens is 2. The van der Waals surface area contributed by atoms with Crippen molar-refractivity contribution in [2.24, 2.45) is 0 Å². The SMILES string of the molecule is Cc1cc(-c2nnc(-c3cc(F)c(OCCCOP(O)O)cc3Cl)s2)cc(NC(C)C)n1. The normalized spacial score (nSPS) is 11.4. The number of aromatic nitrogens is 3. The molecule has 0 unspecified atom stereocenters. The highest BCUT2D eigenvalue weighted by molar-refractivity contribution is 7.39. The molecule has 0 saturated heterocycles. The molecule has 172 valence electrons. The first-order valence-electron chi connectivity index (χ1n) is 9.75. The van der Waals surface area contributed by atoms with Crippen LogP contribution in [0.2, 0.25) is 5.02 Å². The van der Waals surface area contributed by atoms with Crippen LogP contribution in [-0.4, -0.2) is 44.2 Å². The topological polar surface area (TPSA) is 110 Å². The molecule has 0 aliphatic rings. The molecule has 2 aromatic heterocycles. The fourth-order valence-corrected chi connectivity index (χ4v) is 4.25. The highest BCUT2D eigenvalue weighted by atomic mass is 35.5. The Morgan fingerprint density at radius 3 is 2.62 bits per heavy atom. The summed E-state index contributed by atoms with van der Waals surface area (Å²) in [7, 11) is -2.41. The summed E-state index contributed by atoms with van der Waals surface area (Å²) in [5, 5.41) is 13.1. The lowest BCUT2D eigenvalue weighted by Crippen LogP contribution is -2.11. The number of hydrogen-bond donors (Lipinski definition) is 3. The summed E-state index contributed by atoms with van der Waals surface area (Å²) in [4.78, 5) is 21.8. The highest BCUT2D eigenvalue weighted by Crippen LogP contribution is 2.37. The van der Waals surface area contributed by atoms with Crippen LogP contribution < -0.4 is 10.1 Å². The van der Waals surface area contributed by atoms with E-state index >= 15 is 0 Å². The monoisotopic (exact) mass is 500 g/mol. The zero-order valence-corrected chi connectivity index (χ0v) is 20.1. The average Bonchev–Trinajstić information content (AvgIpc) is 3.18. The highest BCUT2D eigenvalue weighted by Gasteiger charge is 2.17. The molecule has 0 atom stereocenters. The van der Waals surface area contributed by atoms with Gasteiger partial charge in [-0.25, -0.2) is 9.37 Å². The third kappa shape index (κ3) is 6.78. The molecule has 0 bridgehead atoms. The molecule has 0 aliphatic heterocycles. The van der Waals surface area contributed by atoms with Gasteiger partial charge >= 0.3 is 8.60 Å². The predicted molar refractivity (Wildman–Crippen MR) is 124 cm³/mol. The Balaban J connectivity index is 1.76. The van der Waals surface area contributed by atoms with Gasteiger partial charge in [0.05, 0.1) is 18.2 Å². The van der Waals surface area contributed by atoms with E-state index in [-0.39, 0.29) is 30.0 Å². The molecule has 0 amide bonds. The molecule has 0 radical (unpaired) electrons. The van der Waals surface area contributed by atoms with Crippen molar-refractivity contribution >= 4 is 37.4 Å². The number of anilines is 1. The summed E-state index contributed by atoms with van der Waals surface area (Å²) in [5.41, 5.74) is 2.12. The van der Waals surface area contributed by atoms with E-state index in [0.29, 0.717) is 22.0 Å². The minimum absolute atomic E-state index is 0.00656. The first-order valence-corrected chi connectivity index (χ1v) is 12.1. The molecule has 32 heavy (non-hydrogen) atoms. The van der Waals surface area contributed by atoms with Gasteiger partial charge in [-0.05, 0) is 39.0 Å². The smallest absolute Gasteiger partial charge is 0.327 e. The molecule has 0 aliphatic carbocycles. The van der Waals surface area contributed by atoms with Crippen molar-refractivity contribution < 1.29 is 23.4 Å². The van der Waals surface area contributed by atoms with Gasteiger partial charge in [0.2, 0.25) is 0 Å². The van der Waals surface area contributed by atoms with Gasteiger partial charge in [-0.15, -0.1) is 10.2 Å². The van der Waals surface area contributed by atoms with Crippen LogP contribution in [0.15, 0.2) is 24.3 Å². The van der Waals surface area contributed by atoms with Gasteiger partial charge < -0.3 is 24.4 Å². The Labute approximate surface area is 195 Å². The van der Waals surface area contributed by atoms with E-state index in [1.54, 1.807) is 0 Å². The molecular weight excluding hydrogens is 478 g/mol. The molecule has 0 saturated carbocycles. The molecule has 12 heteroatoms. The van der Waals surface area contributed by atoms with Crippen LogP contribution in [0.5, 0.6) is 5.75 Å². The fraction of sp³-hybridized carbons (Fsp3) is 0.350. The molecule has 0 spiro atoms. The van der Waals surface area contributed by atoms with Crippen LogP contribution in [0.3, 0.4) is 0 Å². The van der Waals surface area contributed by atoms with Gasteiger partial charge in [0.25, 0.3) is 0 Å². The van der Waals surface area contributed by atoms with Crippen LogP contribution in [0, 0.1) is 12.7 Å². The maximum atomic E-state index is 14.6.